The molecule has 3 aromatic rings. The summed E-state index contributed by atoms with van der Waals surface area (Å²) in [4.78, 5) is 0. The maximum absolute atomic E-state index is 10.7. The van der Waals surface area contributed by atoms with E-state index in [2.05, 4.69) is 31.2 Å². The highest BCUT2D eigenvalue weighted by Gasteiger charge is 2.38. The Balaban J connectivity index is 2.42. The second-order valence-corrected chi connectivity index (χ2v) is 6.12. The number of aromatic hydroxyl groups is 2. The smallest absolute Gasteiger partial charge is 0.162 e. The van der Waals surface area contributed by atoms with Gasteiger partial charge in [0, 0.05) is 11.0 Å². The van der Waals surface area contributed by atoms with Gasteiger partial charge in [-0.3, -0.25) is 0 Å². The summed E-state index contributed by atoms with van der Waals surface area (Å²) in [5.74, 6) is -0.121. The molecule has 2 heteroatoms. The van der Waals surface area contributed by atoms with E-state index >= 15 is 0 Å². The van der Waals surface area contributed by atoms with Gasteiger partial charge in [-0.05, 0) is 36.1 Å². The monoisotopic (exact) mass is 318 g/mol. The van der Waals surface area contributed by atoms with Gasteiger partial charge in [0.25, 0.3) is 0 Å². The van der Waals surface area contributed by atoms with E-state index in [0.29, 0.717) is 0 Å². The Kier molecular flexibility index (Phi) is 4.30. The Labute approximate surface area is 143 Å². The first-order valence-electron chi connectivity index (χ1n) is 8.24. The van der Waals surface area contributed by atoms with Crippen molar-refractivity contribution < 1.29 is 10.2 Å². The van der Waals surface area contributed by atoms with E-state index in [4.69, 9.17) is 0 Å². The Hall–Kier alpha value is -2.74. The van der Waals surface area contributed by atoms with Crippen molar-refractivity contribution in [1.82, 2.24) is 0 Å². The predicted octanol–water partition coefficient (Wildman–Crippen LogP) is 5.15. The molecule has 2 nitrogen and oxygen atoms in total. The van der Waals surface area contributed by atoms with Crippen LogP contribution in [0.5, 0.6) is 11.5 Å². The van der Waals surface area contributed by atoms with Crippen molar-refractivity contribution >= 4 is 0 Å². The number of benzene rings is 3. The molecule has 2 N–H and O–H groups in total. The van der Waals surface area contributed by atoms with E-state index in [0.717, 1.165) is 28.7 Å². The zero-order chi connectivity index (χ0) is 17.2. The number of hydrogen-bond acceptors (Lipinski definition) is 2. The maximum Gasteiger partial charge on any atom is 0.162 e. The third kappa shape index (κ3) is 2.44. The molecule has 0 saturated heterocycles. The summed E-state index contributed by atoms with van der Waals surface area (Å²) in [5, 5.41) is 20.8. The number of rotatable bonds is 4. The van der Waals surface area contributed by atoms with Crippen molar-refractivity contribution in [2.45, 2.75) is 25.7 Å². The molecular weight excluding hydrogens is 296 g/mol. The van der Waals surface area contributed by atoms with Crippen molar-refractivity contribution in [3.8, 4) is 11.5 Å². The van der Waals surface area contributed by atoms with Crippen molar-refractivity contribution in [2.24, 2.45) is 0 Å². The first-order chi connectivity index (χ1) is 11.6. The third-order valence-electron chi connectivity index (χ3n) is 4.86. The average Bonchev–Trinajstić information content (AvgIpc) is 2.64. The van der Waals surface area contributed by atoms with Crippen LogP contribution in [-0.2, 0) is 5.41 Å². The van der Waals surface area contributed by atoms with Gasteiger partial charge >= 0.3 is 0 Å². The van der Waals surface area contributed by atoms with Gasteiger partial charge in [-0.25, -0.2) is 0 Å². The molecule has 0 spiro atoms. The SMILES string of the molecule is CCC(c1ccccc1)(c1ccccc1)c1c(C)ccc(O)c1O. The number of phenols is 2. The van der Waals surface area contributed by atoms with E-state index < -0.39 is 5.41 Å². The Morgan fingerprint density at radius 1 is 0.750 bits per heavy atom. The van der Waals surface area contributed by atoms with Crippen molar-refractivity contribution in [3.05, 3.63) is 95.1 Å². The van der Waals surface area contributed by atoms with E-state index in [1.807, 2.05) is 49.4 Å². The molecule has 0 heterocycles. The van der Waals surface area contributed by atoms with Crippen molar-refractivity contribution in [3.63, 3.8) is 0 Å². The molecule has 0 aliphatic carbocycles. The largest absolute Gasteiger partial charge is 0.504 e. The molecule has 3 rings (SSSR count). The van der Waals surface area contributed by atoms with Crippen LogP contribution in [0.2, 0.25) is 0 Å². The van der Waals surface area contributed by atoms with Gasteiger partial charge in [0.05, 0.1) is 0 Å². The van der Waals surface area contributed by atoms with Crippen molar-refractivity contribution in [1.29, 1.82) is 0 Å². The molecule has 0 unspecified atom stereocenters. The lowest BCUT2D eigenvalue weighted by molar-refractivity contribution is 0.390. The van der Waals surface area contributed by atoms with E-state index in [1.54, 1.807) is 6.07 Å². The summed E-state index contributed by atoms with van der Waals surface area (Å²) < 4.78 is 0. The number of phenolic OH excluding ortho intramolecular Hbond substituents is 2. The molecule has 122 valence electrons. The van der Waals surface area contributed by atoms with Gasteiger partial charge in [0.1, 0.15) is 0 Å². The van der Waals surface area contributed by atoms with E-state index in [9.17, 15) is 10.2 Å². The van der Waals surface area contributed by atoms with Crippen LogP contribution < -0.4 is 0 Å². The van der Waals surface area contributed by atoms with Crippen LogP contribution in [0.15, 0.2) is 72.8 Å². The first kappa shape index (κ1) is 16.1. The molecule has 24 heavy (non-hydrogen) atoms. The summed E-state index contributed by atoms with van der Waals surface area (Å²) in [7, 11) is 0. The van der Waals surface area contributed by atoms with Crippen LogP contribution in [0, 0.1) is 6.92 Å². The molecule has 0 bridgehead atoms. The zero-order valence-electron chi connectivity index (χ0n) is 14.0. The maximum atomic E-state index is 10.7. The second-order valence-electron chi connectivity index (χ2n) is 6.12. The molecule has 0 aromatic heterocycles. The summed E-state index contributed by atoms with van der Waals surface area (Å²) in [6, 6.07) is 23.8. The van der Waals surface area contributed by atoms with Crippen LogP contribution in [0.25, 0.3) is 0 Å². The minimum absolute atomic E-state index is 0.0374. The minimum atomic E-state index is -0.518. The second kappa shape index (κ2) is 6.40. The van der Waals surface area contributed by atoms with Gasteiger partial charge < -0.3 is 10.2 Å². The van der Waals surface area contributed by atoms with Gasteiger partial charge in [-0.2, -0.15) is 0 Å². The van der Waals surface area contributed by atoms with Crippen LogP contribution in [-0.4, -0.2) is 10.2 Å². The number of hydrogen-bond donors (Lipinski definition) is 2. The molecule has 0 radical (unpaired) electrons. The fraction of sp³-hybridized carbons (Fsp3) is 0.182. The number of aryl methyl sites for hydroxylation is 1. The molecule has 0 atom stereocenters. The quantitative estimate of drug-likeness (QED) is 0.516. The Bertz CT molecular complexity index is 784. The summed E-state index contributed by atoms with van der Waals surface area (Å²) >= 11 is 0. The lowest BCUT2D eigenvalue weighted by atomic mass is 9.66. The van der Waals surface area contributed by atoms with Gasteiger partial charge in [-0.15, -0.1) is 0 Å². The standard InChI is InChI=1S/C22H22O2/c1-3-22(17-10-6-4-7-11-17,18-12-8-5-9-13-18)20-16(2)14-15-19(23)21(20)24/h4-15,23-24H,3H2,1-2H3. The lowest BCUT2D eigenvalue weighted by Crippen LogP contribution is -2.29. The van der Waals surface area contributed by atoms with Crippen molar-refractivity contribution in [2.75, 3.05) is 0 Å². The van der Waals surface area contributed by atoms with Gasteiger partial charge in [-0.1, -0.05) is 73.7 Å². The van der Waals surface area contributed by atoms with Crippen LogP contribution in [0.1, 0.15) is 35.6 Å². The van der Waals surface area contributed by atoms with E-state index in [1.165, 1.54) is 0 Å². The Morgan fingerprint density at radius 2 is 1.25 bits per heavy atom. The molecule has 0 amide bonds. The van der Waals surface area contributed by atoms with Gasteiger partial charge in [0.2, 0.25) is 0 Å². The van der Waals surface area contributed by atoms with E-state index in [-0.39, 0.29) is 11.5 Å². The highest BCUT2D eigenvalue weighted by Crippen LogP contribution is 2.49. The summed E-state index contributed by atoms with van der Waals surface area (Å²) in [6.07, 6.45) is 0.763. The van der Waals surface area contributed by atoms with Gasteiger partial charge in [0.15, 0.2) is 11.5 Å². The average molecular weight is 318 g/mol. The fourth-order valence-corrected chi connectivity index (χ4v) is 3.71. The highest BCUT2D eigenvalue weighted by molar-refractivity contribution is 5.61. The lowest BCUT2D eigenvalue weighted by Gasteiger charge is -2.36. The third-order valence-corrected chi connectivity index (χ3v) is 4.86. The minimum Gasteiger partial charge on any atom is -0.504 e. The Morgan fingerprint density at radius 3 is 1.71 bits per heavy atom. The molecule has 0 aliphatic rings. The predicted molar refractivity (Wildman–Crippen MR) is 97.6 cm³/mol. The molecule has 0 fully saturated rings. The van der Waals surface area contributed by atoms with Crippen LogP contribution in [0.4, 0.5) is 0 Å². The topological polar surface area (TPSA) is 40.5 Å². The molecular formula is C22H22O2. The summed E-state index contributed by atoms with van der Waals surface area (Å²) in [5.41, 5.74) is 3.41. The molecule has 3 aromatic carbocycles. The normalized spacial score (nSPS) is 11.4. The fourth-order valence-electron chi connectivity index (χ4n) is 3.71. The first-order valence-corrected chi connectivity index (χ1v) is 8.24. The molecule has 0 saturated carbocycles. The highest BCUT2D eigenvalue weighted by atomic mass is 16.3. The summed E-state index contributed by atoms with van der Waals surface area (Å²) in [6.45, 7) is 4.09. The zero-order valence-corrected chi connectivity index (χ0v) is 14.0. The van der Waals surface area contributed by atoms with Crippen LogP contribution >= 0.6 is 0 Å². The van der Waals surface area contributed by atoms with Crippen LogP contribution in [0.3, 0.4) is 0 Å². The molecule has 0 aliphatic heterocycles.